The first-order chi connectivity index (χ1) is 13.8. The Labute approximate surface area is 166 Å². The van der Waals surface area contributed by atoms with E-state index in [2.05, 4.69) is 44.8 Å². The zero-order valence-electron chi connectivity index (χ0n) is 16.4. The number of hydrogen-bond donors (Lipinski definition) is 1. The number of rotatable bonds is 5. The molecular formula is C22H30N4O2. The minimum atomic E-state index is -0.0913. The number of hydrogen-bond acceptors (Lipinski definition) is 4. The van der Waals surface area contributed by atoms with Crippen molar-refractivity contribution >= 4 is 5.91 Å². The van der Waals surface area contributed by atoms with Gasteiger partial charge in [-0.15, -0.1) is 0 Å². The number of likely N-dealkylation sites (tertiary alicyclic amines) is 1. The second-order valence-electron chi connectivity index (χ2n) is 7.94. The van der Waals surface area contributed by atoms with Crippen molar-refractivity contribution in [3.05, 3.63) is 54.1 Å². The molecule has 0 bridgehead atoms. The van der Waals surface area contributed by atoms with Crippen molar-refractivity contribution in [3.8, 4) is 0 Å². The normalized spacial score (nSPS) is 21.3. The van der Waals surface area contributed by atoms with Crippen LogP contribution < -0.4 is 0 Å². The van der Waals surface area contributed by atoms with Gasteiger partial charge in [0.25, 0.3) is 0 Å². The summed E-state index contributed by atoms with van der Waals surface area (Å²) in [5.74, 6) is 1.48. The Bertz CT molecular complexity index is 768. The van der Waals surface area contributed by atoms with Gasteiger partial charge in [0.2, 0.25) is 5.91 Å². The Morgan fingerprint density at radius 2 is 1.89 bits per heavy atom. The smallest absolute Gasteiger partial charge is 0.225 e. The van der Waals surface area contributed by atoms with E-state index < -0.39 is 0 Å². The van der Waals surface area contributed by atoms with E-state index in [0.717, 1.165) is 57.8 Å². The quantitative estimate of drug-likeness (QED) is 0.863. The fourth-order valence-corrected chi connectivity index (χ4v) is 4.72. The highest BCUT2D eigenvalue weighted by Gasteiger charge is 2.37. The largest absolute Gasteiger partial charge is 0.396 e. The summed E-state index contributed by atoms with van der Waals surface area (Å²) in [6.45, 7) is 4.63. The Hall–Kier alpha value is -2.18. The first-order valence-electron chi connectivity index (χ1n) is 10.4. The minimum Gasteiger partial charge on any atom is -0.396 e. The topological polar surface area (TPSA) is 61.6 Å². The standard InChI is InChI=1S/C22H30N4O2/c27-16-9-20(28)26-12-4-11-25-15-10-23-22(25)21(26)19-7-13-24(14-8-19)17-18-5-2-1-3-6-18/h1-3,5-6,10,15,19,21,27H,4,7-9,11-14,16-17H2. The molecule has 0 spiro atoms. The zero-order chi connectivity index (χ0) is 19.3. The third-order valence-electron chi connectivity index (χ3n) is 6.12. The van der Waals surface area contributed by atoms with Crippen LogP contribution in [0.3, 0.4) is 0 Å². The molecule has 1 aromatic heterocycles. The highest BCUT2D eigenvalue weighted by Crippen LogP contribution is 2.37. The van der Waals surface area contributed by atoms with E-state index in [0.29, 0.717) is 5.92 Å². The van der Waals surface area contributed by atoms with Crippen molar-refractivity contribution < 1.29 is 9.90 Å². The molecule has 1 aromatic carbocycles. The maximum Gasteiger partial charge on any atom is 0.225 e. The van der Waals surface area contributed by atoms with Crippen LogP contribution in [-0.2, 0) is 17.9 Å². The summed E-state index contributed by atoms with van der Waals surface area (Å²) in [6.07, 6.45) is 7.15. The summed E-state index contributed by atoms with van der Waals surface area (Å²) in [4.78, 5) is 21.9. The molecular weight excluding hydrogens is 352 g/mol. The molecule has 0 radical (unpaired) electrons. The molecule has 1 fully saturated rings. The Balaban J connectivity index is 1.48. The molecule has 4 rings (SSSR count). The van der Waals surface area contributed by atoms with E-state index in [1.54, 1.807) is 0 Å². The van der Waals surface area contributed by atoms with E-state index in [1.807, 2.05) is 17.3 Å². The fraction of sp³-hybridized carbons (Fsp3) is 0.545. The molecule has 1 N–H and O–H groups in total. The average Bonchev–Trinajstić information content (AvgIpc) is 3.10. The highest BCUT2D eigenvalue weighted by molar-refractivity contribution is 5.76. The molecule has 1 unspecified atom stereocenters. The van der Waals surface area contributed by atoms with Crippen molar-refractivity contribution in [1.82, 2.24) is 19.4 Å². The number of amides is 1. The van der Waals surface area contributed by atoms with Gasteiger partial charge in [0.15, 0.2) is 0 Å². The molecule has 150 valence electrons. The minimum absolute atomic E-state index is 0.0235. The van der Waals surface area contributed by atoms with Crippen LogP contribution in [0.4, 0.5) is 0 Å². The highest BCUT2D eigenvalue weighted by atomic mass is 16.3. The summed E-state index contributed by atoms with van der Waals surface area (Å²) >= 11 is 0. The van der Waals surface area contributed by atoms with E-state index in [1.165, 1.54) is 5.56 Å². The van der Waals surface area contributed by atoms with Gasteiger partial charge in [0.05, 0.1) is 12.6 Å². The third-order valence-corrected chi connectivity index (χ3v) is 6.12. The summed E-state index contributed by atoms with van der Waals surface area (Å²) in [6, 6.07) is 10.6. The van der Waals surface area contributed by atoms with Crippen LogP contribution in [0, 0.1) is 5.92 Å². The Morgan fingerprint density at radius 1 is 1.11 bits per heavy atom. The lowest BCUT2D eigenvalue weighted by atomic mass is 9.87. The monoisotopic (exact) mass is 382 g/mol. The van der Waals surface area contributed by atoms with E-state index >= 15 is 0 Å². The molecule has 6 heteroatoms. The lowest BCUT2D eigenvalue weighted by Gasteiger charge is -2.40. The first-order valence-corrected chi connectivity index (χ1v) is 10.4. The molecule has 0 aliphatic carbocycles. The lowest BCUT2D eigenvalue weighted by Crippen LogP contribution is -2.43. The lowest BCUT2D eigenvalue weighted by molar-refractivity contribution is -0.136. The summed E-state index contributed by atoms with van der Waals surface area (Å²) in [5.41, 5.74) is 1.35. The molecule has 1 amide bonds. The van der Waals surface area contributed by atoms with E-state index in [4.69, 9.17) is 0 Å². The zero-order valence-corrected chi connectivity index (χ0v) is 16.4. The number of carbonyl (C=O) groups is 1. The fourth-order valence-electron chi connectivity index (χ4n) is 4.72. The molecule has 2 aromatic rings. The van der Waals surface area contributed by atoms with Gasteiger partial charge in [0.1, 0.15) is 5.82 Å². The van der Waals surface area contributed by atoms with Gasteiger partial charge in [0, 0.05) is 38.4 Å². The number of piperidine rings is 1. The maximum atomic E-state index is 12.8. The van der Waals surface area contributed by atoms with Crippen LogP contribution in [0.1, 0.15) is 43.1 Å². The number of fused-ring (bicyclic) bond motifs is 1. The van der Waals surface area contributed by atoms with Crippen LogP contribution in [0.15, 0.2) is 42.7 Å². The van der Waals surface area contributed by atoms with Gasteiger partial charge >= 0.3 is 0 Å². The molecule has 28 heavy (non-hydrogen) atoms. The molecule has 2 aliphatic heterocycles. The predicted octanol–water partition coefficient (Wildman–Crippen LogP) is 2.45. The molecule has 2 aliphatic rings. The number of nitrogens with zero attached hydrogens (tertiary/aromatic N) is 4. The van der Waals surface area contributed by atoms with Crippen molar-refractivity contribution in [3.63, 3.8) is 0 Å². The maximum absolute atomic E-state index is 12.8. The molecule has 1 atom stereocenters. The number of imidazole rings is 1. The number of carbonyl (C=O) groups excluding carboxylic acids is 1. The average molecular weight is 383 g/mol. The summed E-state index contributed by atoms with van der Waals surface area (Å²) in [5, 5.41) is 9.29. The van der Waals surface area contributed by atoms with Crippen LogP contribution >= 0.6 is 0 Å². The van der Waals surface area contributed by atoms with Crippen LogP contribution in [0.5, 0.6) is 0 Å². The summed E-state index contributed by atoms with van der Waals surface area (Å²) in [7, 11) is 0. The van der Waals surface area contributed by atoms with Crippen LogP contribution in [-0.4, -0.2) is 56.6 Å². The van der Waals surface area contributed by atoms with Gasteiger partial charge in [-0.25, -0.2) is 4.98 Å². The van der Waals surface area contributed by atoms with Crippen LogP contribution in [0.25, 0.3) is 0 Å². The van der Waals surface area contributed by atoms with Gasteiger partial charge in [-0.05, 0) is 43.8 Å². The van der Waals surface area contributed by atoms with E-state index in [9.17, 15) is 9.90 Å². The Morgan fingerprint density at radius 3 is 2.64 bits per heavy atom. The molecule has 0 saturated carbocycles. The summed E-state index contributed by atoms with van der Waals surface area (Å²) < 4.78 is 2.22. The number of aromatic nitrogens is 2. The van der Waals surface area contributed by atoms with Gasteiger partial charge in [-0.2, -0.15) is 0 Å². The third kappa shape index (κ3) is 4.13. The number of aryl methyl sites for hydroxylation is 1. The molecule has 6 nitrogen and oxygen atoms in total. The number of benzene rings is 1. The number of aliphatic hydroxyl groups excluding tert-OH is 1. The van der Waals surface area contributed by atoms with E-state index in [-0.39, 0.29) is 25.0 Å². The van der Waals surface area contributed by atoms with Crippen molar-refractivity contribution in [2.75, 3.05) is 26.2 Å². The van der Waals surface area contributed by atoms with Gasteiger partial charge in [-0.3, -0.25) is 9.69 Å². The molecule has 3 heterocycles. The van der Waals surface area contributed by atoms with Gasteiger partial charge in [-0.1, -0.05) is 30.3 Å². The van der Waals surface area contributed by atoms with Crippen molar-refractivity contribution in [2.45, 2.75) is 44.8 Å². The predicted molar refractivity (Wildman–Crippen MR) is 107 cm³/mol. The van der Waals surface area contributed by atoms with Crippen molar-refractivity contribution in [2.24, 2.45) is 5.92 Å². The SMILES string of the molecule is O=C(CCO)N1CCCn2ccnc2C1C1CCN(Cc2ccccc2)CC1. The van der Waals surface area contributed by atoms with Gasteiger partial charge < -0.3 is 14.6 Å². The molecule has 1 saturated heterocycles. The first kappa shape index (κ1) is 19.2. The van der Waals surface area contributed by atoms with Crippen molar-refractivity contribution in [1.29, 1.82) is 0 Å². The second-order valence-corrected chi connectivity index (χ2v) is 7.94. The Kier molecular flexibility index (Phi) is 6.07. The number of aliphatic hydroxyl groups is 1. The second kappa shape index (κ2) is 8.88. The van der Waals surface area contributed by atoms with Crippen LogP contribution in [0.2, 0.25) is 0 Å².